The molecule has 0 unspecified atom stereocenters. The largest absolute Gasteiger partial charge is 0.356 e. The van der Waals surface area contributed by atoms with Crippen molar-refractivity contribution >= 4 is 45.8 Å². The van der Waals surface area contributed by atoms with Gasteiger partial charge < -0.3 is 9.84 Å². The Morgan fingerprint density at radius 1 is 1.18 bits per heavy atom. The van der Waals surface area contributed by atoms with Gasteiger partial charge in [0.15, 0.2) is 5.58 Å². The smallest absolute Gasteiger partial charge is 0.230 e. The summed E-state index contributed by atoms with van der Waals surface area (Å²) in [6.45, 7) is 1.98. The number of fused-ring (bicyclic) bond motifs is 1. The molecule has 0 aliphatic heterocycles. The normalized spacial score (nSPS) is 10.9. The summed E-state index contributed by atoms with van der Waals surface area (Å²) in [5, 5.41) is 8.41. The number of hydrogen-bond acceptors (Lipinski definition) is 3. The summed E-state index contributed by atoms with van der Waals surface area (Å²) in [5.74, 6) is -0.199. The third kappa shape index (κ3) is 3.08. The van der Waals surface area contributed by atoms with Crippen molar-refractivity contribution in [2.24, 2.45) is 0 Å². The van der Waals surface area contributed by atoms with Gasteiger partial charge in [0.05, 0.1) is 16.5 Å². The van der Waals surface area contributed by atoms with Crippen LogP contribution in [0.3, 0.4) is 0 Å². The molecule has 4 nitrogen and oxygen atoms in total. The lowest BCUT2D eigenvalue weighted by atomic mass is 10.1. The number of carbonyl (C=O) groups excluding carboxylic acids is 1. The van der Waals surface area contributed by atoms with Gasteiger partial charge in [0.25, 0.3) is 0 Å². The molecule has 6 heteroatoms. The molecule has 22 heavy (non-hydrogen) atoms. The third-order valence-corrected chi connectivity index (χ3v) is 3.97. The molecule has 1 heterocycles. The Labute approximate surface area is 137 Å². The first-order valence-electron chi connectivity index (χ1n) is 6.63. The van der Waals surface area contributed by atoms with Crippen LogP contribution in [0.15, 0.2) is 40.9 Å². The number of benzene rings is 2. The standard InChI is InChI=1S/C16H12Cl2N2O2/c1-9-2-5-15-11(6-9)14(20-22-15)8-16(21)19-10-3-4-12(17)13(18)7-10/h2-7H,8H2,1H3,(H,19,21). The number of nitrogens with one attached hydrogen (secondary N) is 1. The highest BCUT2D eigenvalue weighted by atomic mass is 35.5. The van der Waals surface area contributed by atoms with Gasteiger partial charge in [0, 0.05) is 11.1 Å². The molecule has 1 amide bonds. The Morgan fingerprint density at radius 2 is 2.00 bits per heavy atom. The number of amides is 1. The van der Waals surface area contributed by atoms with Gasteiger partial charge in [-0.25, -0.2) is 0 Å². The van der Waals surface area contributed by atoms with Crippen LogP contribution in [0.25, 0.3) is 11.0 Å². The maximum absolute atomic E-state index is 12.1. The number of carbonyl (C=O) groups is 1. The number of halogens is 2. The molecule has 1 aromatic heterocycles. The summed E-state index contributed by atoms with van der Waals surface area (Å²) in [4.78, 5) is 12.1. The lowest BCUT2D eigenvalue weighted by Gasteiger charge is -2.05. The third-order valence-electron chi connectivity index (χ3n) is 3.23. The maximum atomic E-state index is 12.1. The van der Waals surface area contributed by atoms with Crippen molar-refractivity contribution in [3.63, 3.8) is 0 Å². The molecule has 0 radical (unpaired) electrons. The van der Waals surface area contributed by atoms with E-state index in [1.165, 1.54) is 0 Å². The van der Waals surface area contributed by atoms with E-state index >= 15 is 0 Å². The Kier molecular flexibility index (Phi) is 4.05. The van der Waals surface area contributed by atoms with Crippen LogP contribution in [0, 0.1) is 6.92 Å². The Morgan fingerprint density at radius 3 is 2.77 bits per heavy atom. The van der Waals surface area contributed by atoms with E-state index in [-0.39, 0.29) is 12.3 Å². The molecule has 0 aliphatic carbocycles. The van der Waals surface area contributed by atoms with Gasteiger partial charge in [-0.3, -0.25) is 4.79 Å². The number of aryl methyl sites for hydroxylation is 1. The van der Waals surface area contributed by atoms with Gasteiger partial charge in [0.1, 0.15) is 5.69 Å². The molecule has 0 bridgehead atoms. The van der Waals surface area contributed by atoms with Crippen molar-refractivity contribution in [2.75, 3.05) is 5.32 Å². The predicted molar refractivity (Wildman–Crippen MR) is 87.5 cm³/mol. The first-order chi connectivity index (χ1) is 10.5. The van der Waals surface area contributed by atoms with Gasteiger partial charge in [0.2, 0.25) is 5.91 Å². The molecule has 3 aromatic rings. The van der Waals surface area contributed by atoms with Gasteiger partial charge in [-0.1, -0.05) is 40.0 Å². The topological polar surface area (TPSA) is 55.1 Å². The minimum Gasteiger partial charge on any atom is -0.356 e. The molecule has 1 N–H and O–H groups in total. The zero-order valence-corrected chi connectivity index (χ0v) is 13.2. The average molecular weight is 335 g/mol. The molecular weight excluding hydrogens is 323 g/mol. The summed E-state index contributed by atoms with van der Waals surface area (Å²) in [5.41, 5.74) is 2.95. The number of anilines is 1. The molecule has 0 saturated carbocycles. The molecule has 2 aromatic carbocycles. The van der Waals surface area contributed by atoms with E-state index in [0.29, 0.717) is 27.0 Å². The molecular formula is C16H12Cl2N2O2. The van der Waals surface area contributed by atoms with E-state index in [9.17, 15) is 4.79 Å². The highest BCUT2D eigenvalue weighted by Gasteiger charge is 2.13. The monoisotopic (exact) mass is 334 g/mol. The van der Waals surface area contributed by atoms with Crippen LogP contribution >= 0.6 is 23.2 Å². The first-order valence-corrected chi connectivity index (χ1v) is 7.38. The van der Waals surface area contributed by atoms with Crippen molar-refractivity contribution in [1.29, 1.82) is 0 Å². The van der Waals surface area contributed by atoms with E-state index in [2.05, 4.69) is 10.5 Å². The average Bonchev–Trinajstić information content (AvgIpc) is 2.85. The summed E-state index contributed by atoms with van der Waals surface area (Å²) in [7, 11) is 0. The van der Waals surface area contributed by atoms with E-state index < -0.39 is 0 Å². The number of hydrogen-bond donors (Lipinski definition) is 1. The van der Waals surface area contributed by atoms with Crippen LogP contribution in [0.2, 0.25) is 10.0 Å². The second-order valence-corrected chi connectivity index (χ2v) is 5.80. The van der Waals surface area contributed by atoms with E-state index in [1.807, 2.05) is 25.1 Å². The van der Waals surface area contributed by atoms with Gasteiger partial charge in [-0.15, -0.1) is 0 Å². The second kappa shape index (κ2) is 5.99. The zero-order valence-electron chi connectivity index (χ0n) is 11.7. The fourth-order valence-corrected chi connectivity index (χ4v) is 2.46. The Hall–Kier alpha value is -2.04. The van der Waals surface area contributed by atoms with Crippen LogP contribution in [0.1, 0.15) is 11.3 Å². The Balaban J connectivity index is 1.78. The molecule has 0 spiro atoms. The number of rotatable bonds is 3. The molecule has 0 atom stereocenters. The Bertz CT molecular complexity index is 858. The van der Waals surface area contributed by atoms with Crippen molar-refractivity contribution in [3.8, 4) is 0 Å². The molecule has 3 rings (SSSR count). The molecule has 0 aliphatic rings. The summed E-state index contributed by atoms with van der Waals surface area (Å²) >= 11 is 11.8. The number of nitrogens with zero attached hydrogens (tertiary/aromatic N) is 1. The molecule has 0 saturated heterocycles. The minimum absolute atomic E-state index is 0.122. The minimum atomic E-state index is -0.199. The van der Waals surface area contributed by atoms with Crippen molar-refractivity contribution in [1.82, 2.24) is 5.16 Å². The SMILES string of the molecule is Cc1ccc2onc(CC(=O)Nc3ccc(Cl)c(Cl)c3)c2c1. The second-order valence-electron chi connectivity index (χ2n) is 4.98. The summed E-state index contributed by atoms with van der Waals surface area (Å²) in [6, 6.07) is 10.7. The van der Waals surface area contributed by atoms with Crippen LogP contribution in [-0.4, -0.2) is 11.1 Å². The predicted octanol–water partition coefficient (Wildman–Crippen LogP) is 4.62. The quantitative estimate of drug-likeness (QED) is 0.760. The van der Waals surface area contributed by atoms with E-state index in [4.69, 9.17) is 27.7 Å². The molecule has 112 valence electrons. The van der Waals surface area contributed by atoms with Gasteiger partial charge in [-0.05, 0) is 37.3 Å². The van der Waals surface area contributed by atoms with Crippen molar-refractivity contribution in [2.45, 2.75) is 13.3 Å². The van der Waals surface area contributed by atoms with Crippen molar-refractivity contribution in [3.05, 3.63) is 57.7 Å². The van der Waals surface area contributed by atoms with Gasteiger partial charge >= 0.3 is 0 Å². The summed E-state index contributed by atoms with van der Waals surface area (Å²) in [6.07, 6.45) is 0.122. The maximum Gasteiger partial charge on any atom is 0.230 e. The van der Waals surface area contributed by atoms with Crippen LogP contribution in [-0.2, 0) is 11.2 Å². The highest BCUT2D eigenvalue weighted by molar-refractivity contribution is 6.42. The lowest BCUT2D eigenvalue weighted by molar-refractivity contribution is -0.115. The van der Waals surface area contributed by atoms with Crippen LogP contribution in [0.4, 0.5) is 5.69 Å². The fraction of sp³-hybridized carbons (Fsp3) is 0.125. The zero-order chi connectivity index (χ0) is 15.7. The highest BCUT2D eigenvalue weighted by Crippen LogP contribution is 2.25. The van der Waals surface area contributed by atoms with Crippen molar-refractivity contribution < 1.29 is 9.32 Å². The number of aromatic nitrogens is 1. The van der Waals surface area contributed by atoms with E-state index in [1.54, 1.807) is 18.2 Å². The lowest BCUT2D eigenvalue weighted by Crippen LogP contribution is -2.14. The van der Waals surface area contributed by atoms with Crippen LogP contribution < -0.4 is 5.32 Å². The first kappa shape index (κ1) is 14.9. The van der Waals surface area contributed by atoms with Gasteiger partial charge in [-0.2, -0.15) is 0 Å². The fourth-order valence-electron chi connectivity index (χ4n) is 2.16. The summed E-state index contributed by atoms with van der Waals surface area (Å²) < 4.78 is 5.22. The molecule has 0 fully saturated rings. The van der Waals surface area contributed by atoms with Crippen LogP contribution in [0.5, 0.6) is 0 Å². The van der Waals surface area contributed by atoms with E-state index in [0.717, 1.165) is 10.9 Å².